The molecule has 0 bridgehead atoms. The highest BCUT2D eigenvalue weighted by Gasteiger charge is 2.32. The molecule has 0 fully saturated rings. The van der Waals surface area contributed by atoms with E-state index in [1.54, 1.807) is 6.07 Å². The molecule has 0 atom stereocenters. The topological polar surface area (TPSA) is 42.4 Å². The lowest BCUT2D eigenvalue weighted by Crippen LogP contribution is -2.17. The first-order valence-corrected chi connectivity index (χ1v) is 5.77. The Morgan fingerprint density at radius 3 is 2.67 bits per heavy atom. The zero-order chi connectivity index (χ0) is 13.2. The summed E-state index contributed by atoms with van der Waals surface area (Å²) in [6.07, 6.45) is -4.75. The largest absolute Gasteiger partial charge is 0.573 e. The fourth-order valence-corrected chi connectivity index (χ4v) is 2.30. The predicted octanol–water partition coefficient (Wildman–Crippen LogP) is 3.20. The average molecular weight is 275 g/mol. The lowest BCUT2D eigenvalue weighted by atomic mass is 10.1. The van der Waals surface area contributed by atoms with E-state index < -0.39 is 6.36 Å². The van der Waals surface area contributed by atoms with Crippen LogP contribution >= 0.6 is 11.3 Å². The number of halogens is 3. The molecule has 0 unspecified atom stereocenters. The lowest BCUT2D eigenvalue weighted by Gasteiger charge is -2.12. The Hall–Kier alpha value is -1.60. The number of hydrogen-bond acceptors (Lipinski definition) is 4. The van der Waals surface area contributed by atoms with Crippen LogP contribution in [0.15, 0.2) is 29.8 Å². The molecule has 96 valence electrons. The average Bonchev–Trinajstić information content (AvgIpc) is 2.75. The van der Waals surface area contributed by atoms with Gasteiger partial charge >= 0.3 is 6.36 Å². The number of benzene rings is 1. The van der Waals surface area contributed by atoms with Gasteiger partial charge in [-0.05, 0) is 12.1 Å². The van der Waals surface area contributed by atoms with Crippen LogP contribution in [0.25, 0.3) is 10.4 Å². The summed E-state index contributed by atoms with van der Waals surface area (Å²) >= 11 is 1.15. The Morgan fingerprint density at radius 1 is 1.28 bits per heavy atom. The first-order chi connectivity index (χ1) is 8.51. The van der Waals surface area contributed by atoms with Gasteiger partial charge in [0.2, 0.25) is 0 Å². The zero-order valence-corrected chi connectivity index (χ0v) is 9.76. The van der Waals surface area contributed by atoms with Crippen LogP contribution in [-0.4, -0.2) is 16.5 Å². The summed E-state index contributed by atoms with van der Waals surface area (Å²) in [5.74, 6) is -0.302. The predicted molar refractivity (Wildman–Crippen MR) is 60.2 cm³/mol. The van der Waals surface area contributed by atoms with Gasteiger partial charge in [-0.25, -0.2) is 4.98 Å². The van der Waals surface area contributed by atoms with Gasteiger partial charge in [-0.1, -0.05) is 12.1 Å². The molecule has 2 aromatic rings. The molecule has 0 aliphatic heterocycles. The zero-order valence-electron chi connectivity index (χ0n) is 8.94. The van der Waals surface area contributed by atoms with Crippen LogP contribution in [0.2, 0.25) is 0 Å². The van der Waals surface area contributed by atoms with Gasteiger partial charge in [-0.3, -0.25) is 0 Å². The maximum atomic E-state index is 12.3. The summed E-state index contributed by atoms with van der Waals surface area (Å²) in [4.78, 5) is 4.35. The number of para-hydroxylation sites is 1. The highest BCUT2D eigenvalue weighted by Crippen LogP contribution is 2.37. The van der Waals surface area contributed by atoms with Gasteiger partial charge in [-0.15, -0.1) is 24.5 Å². The molecule has 0 radical (unpaired) electrons. The highest BCUT2D eigenvalue weighted by atomic mass is 32.1. The second-order valence-corrected chi connectivity index (χ2v) is 4.19. The van der Waals surface area contributed by atoms with Crippen molar-refractivity contribution in [1.82, 2.24) is 4.98 Å². The van der Waals surface area contributed by atoms with Gasteiger partial charge in [0.15, 0.2) is 0 Å². The fraction of sp³-hybridized carbons (Fsp3) is 0.182. The lowest BCUT2D eigenvalue weighted by molar-refractivity contribution is -0.274. The normalized spacial score (nSPS) is 11.6. The number of aliphatic hydroxyl groups excluding tert-OH is 1. The van der Waals surface area contributed by atoms with Gasteiger partial charge in [0, 0.05) is 5.56 Å². The van der Waals surface area contributed by atoms with Crippen molar-refractivity contribution in [3.8, 4) is 16.2 Å². The summed E-state index contributed by atoms with van der Waals surface area (Å²) in [5, 5.41) is 9.07. The summed E-state index contributed by atoms with van der Waals surface area (Å²) < 4.78 is 40.7. The van der Waals surface area contributed by atoms with Gasteiger partial charge in [0.05, 0.1) is 22.7 Å². The molecular formula is C11H8F3NO2S. The number of thiazole rings is 1. The molecule has 0 aliphatic carbocycles. The number of aromatic nitrogens is 1. The minimum absolute atomic E-state index is 0.265. The molecule has 1 aromatic heterocycles. The second-order valence-electron chi connectivity index (χ2n) is 3.33. The van der Waals surface area contributed by atoms with Crippen molar-refractivity contribution in [1.29, 1.82) is 0 Å². The van der Waals surface area contributed by atoms with Crippen LogP contribution in [0.1, 0.15) is 5.69 Å². The summed E-state index contributed by atoms with van der Waals surface area (Å²) in [7, 11) is 0. The standard InChI is InChI=1S/C11H8F3NO2S/c12-11(13,14)17-9-4-2-1-3-7(9)10-8(5-16)15-6-18-10/h1-4,6,16H,5H2. The maximum Gasteiger partial charge on any atom is 0.573 e. The van der Waals surface area contributed by atoms with Crippen molar-refractivity contribution in [3.05, 3.63) is 35.5 Å². The second kappa shape index (κ2) is 4.95. The minimum Gasteiger partial charge on any atom is -0.405 e. The van der Waals surface area contributed by atoms with E-state index in [0.717, 1.165) is 11.3 Å². The molecule has 0 spiro atoms. The third-order valence-corrected chi connectivity index (χ3v) is 3.05. The molecule has 0 saturated heterocycles. The van der Waals surface area contributed by atoms with Crippen LogP contribution in [0.4, 0.5) is 13.2 Å². The molecule has 1 N–H and O–H groups in total. The smallest absolute Gasteiger partial charge is 0.405 e. The Balaban J connectivity index is 2.45. The van der Waals surface area contributed by atoms with Crippen molar-refractivity contribution in [2.75, 3.05) is 0 Å². The molecule has 0 saturated carbocycles. The van der Waals surface area contributed by atoms with Crippen molar-refractivity contribution >= 4 is 11.3 Å². The van der Waals surface area contributed by atoms with E-state index in [9.17, 15) is 13.2 Å². The molecule has 18 heavy (non-hydrogen) atoms. The monoisotopic (exact) mass is 275 g/mol. The Labute approximate surface area is 104 Å². The van der Waals surface area contributed by atoms with Gasteiger partial charge in [0.25, 0.3) is 0 Å². The number of nitrogens with zero attached hydrogens (tertiary/aromatic N) is 1. The molecule has 0 aliphatic rings. The fourth-order valence-electron chi connectivity index (χ4n) is 1.47. The maximum absolute atomic E-state index is 12.3. The summed E-state index contributed by atoms with van der Waals surface area (Å²) in [6, 6.07) is 5.76. The molecule has 1 aromatic carbocycles. The van der Waals surface area contributed by atoms with E-state index in [4.69, 9.17) is 5.11 Å². The first-order valence-electron chi connectivity index (χ1n) is 4.89. The molecule has 1 heterocycles. The third kappa shape index (κ3) is 2.80. The van der Waals surface area contributed by atoms with Gasteiger partial charge in [0.1, 0.15) is 5.75 Å². The van der Waals surface area contributed by atoms with E-state index in [1.807, 2.05) is 0 Å². The van der Waals surface area contributed by atoms with Crippen LogP contribution < -0.4 is 4.74 Å². The van der Waals surface area contributed by atoms with Crippen molar-refractivity contribution in [2.24, 2.45) is 0 Å². The molecule has 7 heteroatoms. The van der Waals surface area contributed by atoms with Crippen molar-refractivity contribution in [2.45, 2.75) is 13.0 Å². The molecule has 0 amide bonds. The summed E-state index contributed by atoms with van der Waals surface area (Å²) in [5.41, 5.74) is 2.06. The molecular weight excluding hydrogens is 267 g/mol. The summed E-state index contributed by atoms with van der Waals surface area (Å²) in [6.45, 7) is -0.334. The first kappa shape index (κ1) is 12.8. The minimum atomic E-state index is -4.75. The van der Waals surface area contributed by atoms with Crippen molar-refractivity contribution < 1.29 is 23.0 Å². The third-order valence-electron chi connectivity index (χ3n) is 2.15. The van der Waals surface area contributed by atoms with Crippen LogP contribution in [0, 0.1) is 0 Å². The van der Waals surface area contributed by atoms with E-state index in [-0.39, 0.29) is 17.9 Å². The van der Waals surface area contributed by atoms with Gasteiger partial charge < -0.3 is 9.84 Å². The van der Waals surface area contributed by atoms with E-state index >= 15 is 0 Å². The highest BCUT2D eigenvalue weighted by molar-refractivity contribution is 7.13. The van der Waals surface area contributed by atoms with E-state index in [2.05, 4.69) is 9.72 Å². The number of hydrogen-bond donors (Lipinski definition) is 1. The van der Waals surface area contributed by atoms with Crippen LogP contribution in [0.5, 0.6) is 5.75 Å². The van der Waals surface area contributed by atoms with E-state index in [1.165, 1.54) is 23.7 Å². The Morgan fingerprint density at radius 2 is 2.00 bits per heavy atom. The van der Waals surface area contributed by atoms with Crippen molar-refractivity contribution in [3.63, 3.8) is 0 Å². The van der Waals surface area contributed by atoms with E-state index in [0.29, 0.717) is 10.6 Å². The number of alkyl halides is 3. The van der Waals surface area contributed by atoms with Crippen LogP contribution in [-0.2, 0) is 6.61 Å². The molecule has 2 rings (SSSR count). The van der Waals surface area contributed by atoms with Gasteiger partial charge in [-0.2, -0.15) is 0 Å². The molecule has 3 nitrogen and oxygen atoms in total. The van der Waals surface area contributed by atoms with Crippen LogP contribution in [0.3, 0.4) is 0 Å². The Bertz CT molecular complexity index is 539. The SMILES string of the molecule is OCc1ncsc1-c1ccccc1OC(F)(F)F. The number of rotatable bonds is 3. The quantitative estimate of drug-likeness (QED) is 0.935. The Kier molecular flexibility index (Phi) is 3.53. The number of ether oxygens (including phenoxy) is 1. The number of aliphatic hydroxyl groups is 1.